The maximum atomic E-state index is 11.4. The number of nitrogens with two attached hydrogens (primary N) is 1. The van der Waals surface area contributed by atoms with E-state index in [1.807, 2.05) is 26.0 Å². The van der Waals surface area contributed by atoms with Crippen LogP contribution in [0.4, 0.5) is 5.69 Å². The predicted molar refractivity (Wildman–Crippen MR) is 55.3 cm³/mol. The maximum absolute atomic E-state index is 11.4. The van der Waals surface area contributed by atoms with Crippen LogP contribution in [0.2, 0.25) is 0 Å². The summed E-state index contributed by atoms with van der Waals surface area (Å²) in [5, 5.41) is 6.27. The molecule has 1 aromatic carbocycles. The second-order valence-corrected chi connectivity index (χ2v) is 3.38. The molecule has 1 aromatic rings. The molecule has 0 saturated heterocycles. The first kappa shape index (κ1) is 8.74. The van der Waals surface area contributed by atoms with Crippen molar-refractivity contribution in [2.24, 2.45) is 10.9 Å². The first-order valence-electron chi connectivity index (χ1n) is 4.35. The van der Waals surface area contributed by atoms with E-state index in [1.54, 1.807) is 0 Å². The van der Waals surface area contributed by atoms with Crippen LogP contribution in [0.1, 0.15) is 16.7 Å². The van der Waals surface area contributed by atoms with Gasteiger partial charge in [-0.15, -0.1) is 0 Å². The van der Waals surface area contributed by atoms with Gasteiger partial charge in [0.15, 0.2) is 5.71 Å². The van der Waals surface area contributed by atoms with Crippen LogP contribution in [-0.4, -0.2) is 11.6 Å². The molecule has 3 N–H and O–H groups in total. The van der Waals surface area contributed by atoms with Gasteiger partial charge in [-0.2, -0.15) is 5.10 Å². The monoisotopic (exact) mass is 189 g/mol. The van der Waals surface area contributed by atoms with Crippen LogP contribution >= 0.6 is 0 Å². The van der Waals surface area contributed by atoms with Gasteiger partial charge in [-0.25, -0.2) is 0 Å². The molecule has 1 aliphatic rings. The Hall–Kier alpha value is -1.84. The van der Waals surface area contributed by atoms with Crippen LogP contribution < -0.4 is 11.2 Å². The molecule has 0 aliphatic carbocycles. The average Bonchev–Trinajstić information content (AvgIpc) is 2.50. The van der Waals surface area contributed by atoms with Gasteiger partial charge >= 0.3 is 0 Å². The Kier molecular flexibility index (Phi) is 1.77. The number of rotatable bonds is 0. The summed E-state index contributed by atoms with van der Waals surface area (Å²) in [6.07, 6.45) is 0. The molecule has 0 radical (unpaired) electrons. The van der Waals surface area contributed by atoms with Crippen molar-refractivity contribution in [2.45, 2.75) is 13.8 Å². The zero-order valence-electron chi connectivity index (χ0n) is 8.09. The Morgan fingerprint density at radius 3 is 2.57 bits per heavy atom. The predicted octanol–water partition coefficient (Wildman–Crippen LogP) is 0.918. The Morgan fingerprint density at radius 2 is 1.93 bits per heavy atom. The van der Waals surface area contributed by atoms with Crippen LogP contribution in [0.15, 0.2) is 17.2 Å². The standard InChI is InChI=1S/C10H11N3O/c1-5-3-4-6(2)8-7(5)9(13-11)10(14)12-8/h3-4H,11H2,1-2H3,(H,12,13,14). The molecule has 0 bridgehead atoms. The Labute approximate surface area is 81.8 Å². The second kappa shape index (κ2) is 2.83. The lowest BCUT2D eigenvalue weighted by atomic mass is 10.0. The highest BCUT2D eigenvalue weighted by Crippen LogP contribution is 2.29. The molecule has 1 heterocycles. The molecule has 1 aliphatic heterocycles. The summed E-state index contributed by atoms with van der Waals surface area (Å²) < 4.78 is 0. The third kappa shape index (κ3) is 1.00. The number of fused-ring (bicyclic) bond motifs is 1. The zero-order chi connectivity index (χ0) is 10.3. The molecule has 0 fully saturated rings. The molecule has 4 heteroatoms. The molecule has 0 aromatic heterocycles. The minimum absolute atomic E-state index is 0.222. The fourth-order valence-electron chi connectivity index (χ4n) is 1.69. The zero-order valence-corrected chi connectivity index (χ0v) is 8.09. The highest BCUT2D eigenvalue weighted by Gasteiger charge is 2.28. The van der Waals surface area contributed by atoms with Gasteiger partial charge < -0.3 is 11.2 Å². The summed E-state index contributed by atoms with van der Waals surface area (Å²) >= 11 is 0. The summed E-state index contributed by atoms with van der Waals surface area (Å²) in [5.41, 5.74) is 4.02. The minimum Gasteiger partial charge on any atom is -0.322 e. The van der Waals surface area contributed by atoms with Gasteiger partial charge in [0.25, 0.3) is 5.91 Å². The van der Waals surface area contributed by atoms with Gasteiger partial charge in [0.2, 0.25) is 0 Å². The highest BCUT2D eigenvalue weighted by atomic mass is 16.2. The number of benzene rings is 1. The molecule has 0 spiro atoms. The summed E-state index contributed by atoms with van der Waals surface area (Å²) in [6, 6.07) is 3.92. The summed E-state index contributed by atoms with van der Waals surface area (Å²) in [4.78, 5) is 11.4. The van der Waals surface area contributed by atoms with Crippen molar-refractivity contribution >= 4 is 17.3 Å². The molecular weight excluding hydrogens is 178 g/mol. The topological polar surface area (TPSA) is 67.5 Å². The number of aryl methyl sites for hydroxylation is 2. The fourth-order valence-corrected chi connectivity index (χ4v) is 1.69. The van der Waals surface area contributed by atoms with Crippen molar-refractivity contribution in [1.82, 2.24) is 0 Å². The first-order chi connectivity index (χ1) is 6.65. The molecule has 72 valence electrons. The van der Waals surface area contributed by atoms with Gasteiger partial charge in [-0.1, -0.05) is 12.1 Å². The molecule has 1 amide bonds. The summed E-state index contributed by atoms with van der Waals surface area (Å²) in [6.45, 7) is 3.88. The summed E-state index contributed by atoms with van der Waals surface area (Å²) in [7, 11) is 0. The van der Waals surface area contributed by atoms with E-state index in [0.717, 1.165) is 22.4 Å². The van der Waals surface area contributed by atoms with E-state index < -0.39 is 0 Å². The number of amides is 1. The van der Waals surface area contributed by atoms with Crippen molar-refractivity contribution < 1.29 is 4.79 Å². The number of nitrogens with zero attached hydrogens (tertiary/aromatic N) is 1. The van der Waals surface area contributed by atoms with Crippen LogP contribution in [0, 0.1) is 13.8 Å². The van der Waals surface area contributed by atoms with Crippen molar-refractivity contribution in [1.29, 1.82) is 0 Å². The van der Waals surface area contributed by atoms with Gasteiger partial charge in [0.1, 0.15) is 0 Å². The normalized spacial score (nSPS) is 17.0. The molecule has 0 atom stereocenters. The van der Waals surface area contributed by atoms with E-state index in [-0.39, 0.29) is 5.91 Å². The summed E-state index contributed by atoms with van der Waals surface area (Å²) in [5.74, 6) is 4.96. The SMILES string of the molecule is Cc1ccc(C)c2c1NC(=O)/C2=N\N. The number of anilines is 1. The van der Waals surface area contributed by atoms with Crippen LogP contribution in [-0.2, 0) is 4.79 Å². The van der Waals surface area contributed by atoms with E-state index in [2.05, 4.69) is 10.4 Å². The third-order valence-corrected chi connectivity index (χ3v) is 2.44. The van der Waals surface area contributed by atoms with E-state index >= 15 is 0 Å². The molecule has 0 unspecified atom stereocenters. The number of carbonyl (C=O) groups is 1. The number of nitrogens with one attached hydrogen (secondary N) is 1. The number of hydrogen-bond acceptors (Lipinski definition) is 3. The van der Waals surface area contributed by atoms with Gasteiger partial charge in [-0.05, 0) is 25.0 Å². The van der Waals surface area contributed by atoms with E-state index in [4.69, 9.17) is 5.84 Å². The molecule has 14 heavy (non-hydrogen) atoms. The number of carbonyl (C=O) groups excluding carboxylic acids is 1. The average molecular weight is 189 g/mol. The van der Waals surface area contributed by atoms with Crippen LogP contribution in [0.25, 0.3) is 0 Å². The van der Waals surface area contributed by atoms with Gasteiger partial charge in [0, 0.05) is 5.56 Å². The third-order valence-electron chi connectivity index (χ3n) is 2.44. The fraction of sp³-hybridized carbons (Fsp3) is 0.200. The number of hydrogen-bond donors (Lipinski definition) is 2. The van der Waals surface area contributed by atoms with Crippen molar-refractivity contribution in [3.8, 4) is 0 Å². The van der Waals surface area contributed by atoms with E-state index in [9.17, 15) is 4.79 Å². The molecular formula is C10H11N3O. The Balaban J connectivity index is 2.75. The van der Waals surface area contributed by atoms with Crippen molar-refractivity contribution in [3.05, 3.63) is 28.8 Å². The van der Waals surface area contributed by atoms with E-state index in [1.165, 1.54) is 0 Å². The largest absolute Gasteiger partial charge is 0.322 e. The minimum atomic E-state index is -0.222. The maximum Gasteiger partial charge on any atom is 0.276 e. The van der Waals surface area contributed by atoms with Crippen molar-refractivity contribution in [2.75, 3.05) is 5.32 Å². The smallest absolute Gasteiger partial charge is 0.276 e. The lowest BCUT2D eigenvalue weighted by Gasteiger charge is -2.04. The molecule has 0 saturated carbocycles. The highest BCUT2D eigenvalue weighted by molar-refractivity contribution is 6.54. The van der Waals surface area contributed by atoms with Crippen molar-refractivity contribution in [3.63, 3.8) is 0 Å². The van der Waals surface area contributed by atoms with Gasteiger partial charge in [0.05, 0.1) is 5.69 Å². The van der Waals surface area contributed by atoms with E-state index in [0.29, 0.717) is 5.71 Å². The Morgan fingerprint density at radius 1 is 1.29 bits per heavy atom. The number of hydrazone groups is 1. The molecule has 4 nitrogen and oxygen atoms in total. The van der Waals surface area contributed by atoms with Crippen LogP contribution in [0.5, 0.6) is 0 Å². The van der Waals surface area contributed by atoms with Gasteiger partial charge in [-0.3, -0.25) is 4.79 Å². The Bertz CT molecular complexity index is 449. The quantitative estimate of drug-likeness (QED) is 0.470. The first-order valence-corrected chi connectivity index (χ1v) is 4.35. The lowest BCUT2D eigenvalue weighted by molar-refractivity contribution is -0.110. The van der Waals surface area contributed by atoms with Crippen LogP contribution in [0.3, 0.4) is 0 Å². The molecule has 2 rings (SSSR count). The second-order valence-electron chi connectivity index (χ2n) is 3.38. The lowest BCUT2D eigenvalue weighted by Crippen LogP contribution is -2.16.